The highest BCUT2D eigenvalue weighted by atomic mass is 16.6. The molecule has 6 rings (SSSR count). The van der Waals surface area contributed by atoms with E-state index in [4.69, 9.17) is 24.2 Å². The Hall–Kier alpha value is -4.13. The van der Waals surface area contributed by atoms with Crippen LogP contribution in [-0.4, -0.2) is 42.8 Å². The molecule has 0 amide bonds. The third kappa shape index (κ3) is 3.50. The van der Waals surface area contributed by atoms with E-state index in [-0.39, 0.29) is 0 Å². The molecule has 3 heterocycles. The van der Waals surface area contributed by atoms with Gasteiger partial charge in [-0.25, -0.2) is 14.8 Å². The van der Waals surface area contributed by atoms with Crippen LogP contribution in [0.5, 0.6) is 11.5 Å². The van der Waals surface area contributed by atoms with E-state index in [9.17, 15) is 4.79 Å². The third-order valence-corrected chi connectivity index (χ3v) is 6.25. The minimum Gasteiger partial charge on any atom is -0.486 e. The van der Waals surface area contributed by atoms with Crippen molar-refractivity contribution in [1.29, 1.82) is 0 Å². The highest BCUT2D eigenvalue weighted by Gasteiger charge is 2.25. The molecular weight excluding hydrogens is 430 g/mol. The molecule has 0 spiro atoms. The Labute approximate surface area is 196 Å². The number of hydrogen-bond acceptors (Lipinski definition) is 7. The first kappa shape index (κ1) is 20.5. The smallest absolute Gasteiger partial charge is 0.337 e. The Bertz CT molecular complexity index is 1420. The highest BCUT2D eigenvalue weighted by Crippen LogP contribution is 2.41. The van der Waals surface area contributed by atoms with Crippen molar-refractivity contribution in [3.63, 3.8) is 0 Å². The SMILES string of the molecule is COC(=O)c1ccc2nc(-c3ccc4c(c3)OCCO4)c(N3CCCc4ccccc43)nc2c1. The number of hydrogen-bond donors (Lipinski definition) is 0. The fourth-order valence-electron chi connectivity index (χ4n) is 4.62. The van der Waals surface area contributed by atoms with Crippen LogP contribution in [-0.2, 0) is 11.2 Å². The lowest BCUT2D eigenvalue weighted by atomic mass is 10.0. The molecule has 1 aromatic heterocycles. The summed E-state index contributed by atoms with van der Waals surface area (Å²) in [6.45, 7) is 1.88. The van der Waals surface area contributed by atoms with Crippen LogP contribution in [0.3, 0.4) is 0 Å². The number of para-hydroxylation sites is 1. The van der Waals surface area contributed by atoms with E-state index in [1.54, 1.807) is 12.1 Å². The van der Waals surface area contributed by atoms with Gasteiger partial charge in [0.2, 0.25) is 0 Å². The lowest BCUT2D eigenvalue weighted by Gasteiger charge is -2.31. The average Bonchev–Trinajstić information content (AvgIpc) is 2.91. The number of aryl methyl sites for hydroxylation is 1. The van der Waals surface area contributed by atoms with Crippen LogP contribution < -0.4 is 14.4 Å². The molecule has 4 aromatic rings. The van der Waals surface area contributed by atoms with Crippen molar-refractivity contribution in [2.75, 3.05) is 31.8 Å². The maximum absolute atomic E-state index is 12.1. The quantitative estimate of drug-likeness (QED) is 0.407. The molecule has 0 saturated heterocycles. The monoisotopic (exact) mass is 453 g/mol. The predicted octanol–water partition coefficient (Wildman–Crippen LogP) is 4.94. The summed E-state index contributed by atoms with van der Waals surface area (Å²) in [5.74, 6) is 1.79. The van der Waals surface area contributed by atoms with Gasteiger partial charge in [-0.15, -0.1) is 0 Å². The van der Waals surface area contributed by atoms with Crippen molar-refractivity contribution in [1.82, 2.24) is 9.97 Å². The normalized spacial score (nSPS) is 14.6. The van der Waals surface area contributed by atoms with Crippen LogP contribution in [0.2, 0.25) is 0 Å². The molecule has 0 N–H and O–H groups in total. The van der Waals surface area contributed by atoms with Crippen molar-refractivity contribution in [3.05, 3.63) is 71.8 Å². The van der Waals surface area contributed by atoms with E-state index in [0.29, 0.717) is 35.6 Å². The average molecular weight is 453 g/mol. The molecule has 7 nitrogen and oxygen atoms in total. The number of carbonyl (C=O) groups is 1. The molecule has 0 saturated carbocycles. The molecule has 2 aliphatic rings. The largest absolute Gasteiger partial charge is 0.486 e. The molecule has 3 aromatic carbocycles. The molecule has 0 atom stereocenters. The summed E-state index contributed by atoms with van der Waals surface area (Å²) in [4.78, 5) is 24.4. The number of carbonyl (C=O) groups excluding carboxylic acids is 1. The van der Waals surface area contributed by atoms with Gasteiger partial charge >= 0.3 is 5.97 Å². The number of ether oxygens (including phenoxy) is 3. The van der Waals surface area contributed by atoms with Crippen LogP contribution >= 0.6 is 0 Å². The van der Waals surface area contributed by atoms with Crippen molar-refractivity contribution in [2.24, 2.45) is 0 Å². The highest BCUT2D eigenvalue weighted by molar-refractivity contribution is 5.95. The van der Waals surface area contributed by atoms with Gasteiger partial charge in [-0.2, -0.15) is 0 Å². The third-order valence-electron chi connectivity index (χ3n) is 6.25. The standard InChI is InChI=1S/C27H23N3O4/c1-32-27(31)19-8-10-20-21(15-19)29-26(30-12-4-6-17-5-2-3-7-22(17)30)25(28-20)18-9-11-23-24(16-18)34-14-13-33-23/h2-3,5,7-11,15-16H,4,6,12-14H2,1H3. The number of esters is 1. The first-order valence-electron chi connectivity index (χ1n) is 11.4. The minimum absolute atomic E-state index is 0.399. The summed E-state index contributed by atoms with van der Waals surface area (Å²) >= 11 is 0. The van der Waals surface area contributed by atoms with E-state index >= 15 is 0 Å². The Morgan fingerprint density at radius 1 is 0.941 bits per heavy atom. The van der Waals surface area contributed by atoms with Crippen molar-refractivity contribution < 1.29 is 19.0 Å². The van der Waals surface area contributed by atoms with Gasteiger partial charge in [0.25, 0.3) is 0 Å². The summed E-state index contributed by atoms with van der Waals surface area (Å²) in [5, 5.41) is 0. The number of anilines is 2. The van der Waals surface area contributed by atoms with Gasteiger partial charge in [0.05, 0.1) is 23.7 Å². The predicted molar refractivity (Wildman–Crippen MR) is 129 cm³/mol. The molecule has 0 fully saturated rings. The molecular formula is C27H23N3O4. The Kier molecular flexibility index (Phi) is 5.02. The van der Waals surface area contributed by atoms with Gasteiger partial charge in [-0.1, -0.05) is 18.2 Å². The van der Waals surface area contributed by atoms with Crippen molar-refractivity contribution in [2.45, 2.75) is 12.8 Å². The second-order valence-corrected chi connectivity index (χ2v) is 8.33. The number of methoxy groups -OCH3 is 1. The summed E-state index contributed by atoms with van der Waals surface area (Å²) < 4.78 is 16.4. The summed E-state index contributed by atoms with van der Waals surface area (Å²) in [7, 11) is 1.37. The maximum atomic E-state index is 12.1. The summed E-state index contributed by atoms with van der Waals surface area (Å²) in [6.07, 6.45) is 2.04. The van der Waals surface area contributed by atoms with Gasteiger partial charge in [0, 0.05) is 17.8 Å². The molecule has 0 aliphatic carbocycles. The van der Waals surface area contributed by atoms with Gasteiger partial charge in [-0.05, 0) is 60.9 Å². The molecule has 34 heavy (non-hydrogen) atoms. The van der Waals surface area contributed by atoms with Crippen LogP contribution in [0.4, 0.5) is 11.5 Å². The molecule has 170 valence electrons. The Balaban J connectivity index is 1.57. The van der Waals surface area contributed by atoms with Gasteiger partial charge < -0.3 is 19.1 Å². The number of benzene rings is 3. The topological polar surface area (TPSA) is 73.8 Å². The van der Waals surface area contributed by atoms with E-state index in [1.165, 1.54) is 12.7 Å². The fraction of sp³-hybridized carbons (Fsp3) is 0.222. The number of rotatable bonds is 3. The van der Waals surface area contributed by atoms with Gasteiger partial charge in [-0.3, -0.25) is 0 Å². The zero-order valence-electron chi connectivity index (χ0n) is 18.8. The van der Waals surface area contributed by atoms with Crippen LogP contribution in [0.15, 0.2) is 60.7 Å². The van der Waals surface area contributed by atoms with Gasteiger partial charge in [0.1, 0.15) is 18.9 Å². The van der Waals surface area contributed by atoms with Crippen LogP contribution in [0, 0.1) is 0 Å². The van der Waals surface area contributed by atoms with Crippen molar-refractivity contribution in [3.8, 4) is 22.8 Å². The minimum atomic E-state index is -0.399. The summed E-state index contributed by atoms with van der Waals surface area (Å²) in [6, 6.07) is 19.5. The van der Waals surface area contributed by atoms with Crippen LogP contribution in [0.25, 0.3) is 22.3 Å². The molecule has 0 radical (unpaired) electrons. The fourth-order valence-corrected chi connectivity index (χ4v) is 4.62. The lowest BCUT2D eigenvalue weighted by Crippen LogP contribution is -2.26. The molecule has 7 heteroatoms. The first-order chi connectivity index (χ1) is 16.7. The summed E-state index contributed by atoms with van der Waals surface area (Å²) in [5.41, 5.74) is 5.85. The zero-order valence-corrected chi connectivity index (χ0v) is 18.8. The van der Waals surface area contributed by atoms with E-state index in [2.05, 4.69) is 23.1 Å². The Morgan fingerprint density at radius 3 is 2.68 bits per heavy atom. The molecule has 0 unspecified atom stereocenters. The maximum Gasteiger partial charge on any atom is 0.337 e. The van der Waals surface area contributed by atoms with E-state index in [0.717, 1.165) is 47.9 Å². The zero-order chi connectivity index (χ0) is 23.1. The van der Waals surface area contributed by atoms with E-state index < -0.39 is 5.97 Å². The van der Waals surface area contributed by atoms with Crippen LogP contribution in [0.1, 0.15) is 22.3 Å². The number of nitrogens with zero attached hydrogens (tertiary/aromatic N) is 3. The number of aromatic nitrogens is 2. The lowest BCUT2D eigenvalue weighted by molar-refractivity contribution is 0.0601. The Morgan fingerprint density at radius 2 is 1.79 bits per heavy atom. The molecule has 2 aliphatic heterocycles. The molecule has 0 bridgehead atoms. The second kappa shape index (κ2) is 8.33. The first-order valence-corrected chi connectivity index (χ1v) is 11.4. The van der Waals surface area contributed by atoms with Crippen molar-refractivity contribution >= 4 is 28.5 Å². The second-order valence-electron chi connectivity index (χ2n) is 8.33. The number of fused-ring (bicyclic) bond motifs is 3. The van der Waals surface area contributed by atoms with E-state index in [1.807, 2.05) is 30.3 Å². The van der Waals surface area contributed by atoms with Gasteiger partial charge in [0.15, 0.2) is 17.3 Å².